The van der Waals surface area contributed by atoms with Crippen LogP contribution in [0.15, 0.2) is 0 Å². The van der Waals surface area contributed by atoms with E-state index >= 15 is 0 Å². The second-order valence-electron chi connectivity index (χ2n) is 6.14. The van der Waals surface area contributed by atoms with E-state index in [4.69, 9.17) is 0 Å². The van der Waals surface area contributed by atoms with Crippen molar-refractivity contribution in [3.63, 3.8) is 0 Å². The molecule has 2 N–H and O–H groups in total. The van der Waals surface area contributed by atoms with E-state index in [0.717, 1.165) is 38.8 Å². The van der Waals surface area contributed by atoms with E-state index in [9.17, 15) is 13.5 Å². The molecule has 1 heterocycles. The smallest absolute Gasteiger partial charge is 0.211 e. The third kappa shape index (κ3) is 3.51. The highest BCUT2D eigenvalue weighted by Crippen LogP contribution is 2.31. The maximum atomic E-state index is 11.5. The molecule has 0 spiro atoms. The summed E-state index contributed by atoms with van der Waals surface area (Å²) in [6.07, 6.45) is 5.49. The van der Waals surface area contributed by atoms with Gasteiger partial charge in [0.1, 0.15) is 0 Å². The second-order valence-corrected chi connectivity index (χ2v) is 8.12. The van der Waals surface area contributed by atoms with Gasteiger partial charge in [0.05, 0.1) is 12.9 Å². The fourth-order valence-corrected chi connectivity index (χ4v) is 4.32. The van der Waals surface area contributed by atoms with E-state index in [-0.39, 0.29) is 12.1 Å². The summed E-state index contributed by atoms with van der Waals surface area (Å²) in [5.74, 6) is 0. The van der Waals surface area contributed by atoms with E-state index in [1.54, 1.807) is 4.31 Å². The van der Waals surface area contributed by atoms with Crippen molar-refractivity contribution in [1.82, 2.24) is 14.5 Å². The van der Waals surface area contributed by atoms with Crippen molar-refractivity contribution >= 4 is 10.0 Å². The predicted molar refractivity (Wildman–Crippen MR) is 79.1 cm³/mol. The fraction of sp³-hybridized carbons (Fsp3) is 1.00. The van der Waals surface area contributed by atoms with Crippen LogP contribution in [0, 0.1) is 0 Å². The van der Waals surface area contributed by atoms with Crippen LogP contribution < -0.4 is 5.32 Å². The fourth-order valence-electron chi connectivity index (χ4n) is 3.49. The molecular weight excluding hydrogens is 278 g/mol. The van der Waals surface area contributed by atoms with Gasteiger partial charge in [0, 0.05) is 37.8 Å². The Morgan fingerprint density at radius 2 is 1.95 bits per heavy atom. The van der Waals surface area contributed by atoms with Gasteiger partial charge in [-0.3, -0.25) is 4.90 Å². The van der Waals surface area contributed by atoms with Crippen molar-refractivity contribution in [3.8, 4) is 0 Å². The SMILES string of the molecule is CNC1(CO)CCCC(N2CCN(S(C)(=O)=O)CC2)C1. The Hall–Kier alpha value is -0.210. The maximum Gasteiger partial charge on any atom is 0.211 e. The van der Waals surface area contributed by atoms with Crippen LogP contribution in [0.1, 0.15) is 25.7 Å². The average Bonchev–Trinajstić information content (AvgIpc) is 2.46. The number of aliphatic hydroxyl groups is 1. The summed E-state index contributed by atoms with van der Waals surface area (Å²) in [7, 11) is -1.14. The lowest BCUT2D eigenvalue weighted by Gasteiger charge is -2.46. The van der Waals surface area contributed by atoms with Gasteiger partial charge in [-0.1, -0.05) is 0 Å². The molecule has 2 atom stereocenters. The lowest BCUT2D eigenvalue weighted by Crippen LogP contribution is -2.58. The quantitative estimate of drug-likeness (QED) is 0.730. The number of nitrogens with zero attached hydrogens (tertiary/aromatic N) is 2. The molecule has 0 aromatic carbocycles. The average molecular weight is 305 g/mol. The molecule has 1 aliphatic heterocycles. The molecule has 2 rings (SSSR count). The van der Waals surface area contributed by atoms with Crippen LogP contribution in [0.5, 0.6) is 0 Å². The van der Waals surface area contributed by atoms with Crippen molar-refractivity contribution in [2.45, 2.75) is 37.3 Å². The number of hydrogen-bond acceptors (Lipinski definition) is 5. The first kappa shape index (κ1) is 16.2. The van der Waals surface area contributed by atoms with Gasteiger partial charge >= 0.3 is 0 Å². The van der Waals surface area contributed by atoms with Gasteiger partial charge in [-0.25, -0.2) is 8.42 Å². The second kappa shape index (κ2) is 6.27. The Balaban J connectivity index is 1.93. The van der Waals surface area contributed by atoms with Crippen LogP contribution in [0.25, 0.3) is 0 Å². The Morgan fingerprint density at radius 1 is 1.30 bits per heavy atom. The molecule has 6 nitrogen and oxygen atoms in total. The Morgan fingerprint density at radius 3 is 2.45 bits per heavy atom. The van der Waals surface area contributed by atoms with Crippen molar-refractivity contribution in [2.75, 3.05) is 46.1 Å². The molecule has 0 aromatic rings. The Kier molecular flexibility index (Phi) is 5.07. The van der Waals surface area contributed by atoms with E-state index < -0.39 is 10.0 Å². The molecule has 1 aliphatic carbocycles. The maximum absolute atomic E-state index is 11.5. The summed E-state index contributed by atoms with van der Waals surface area (Å²) < 4.78 is 24.6. The van der Waals surface area contributed by atoms with Crippen LogP contribution in [0.2, 0.25) is 0 Å². The van der Waals surface area contributed by atoms with Gasteiger partial charge in [0.25, 0.3) is 0 Å². The van der Waals surface area contributed by atoms with Gasteiger partial charge in [-0.15, -0.1) is 0 Å². The minimum Gasteiger partial charge on any atom is -0.394 e. The molecule has 20 heavy (non-hydrogen) atoms. The number of rotatable bonds is 4. The van der Waals surface area contributed by atoms with Gasteiger partial charge in [-0.05, 0) is 32.7 Å². The first-order valence-electron chi connectivity index (χ1n) is 7.39. The molecule has 2 fully saturated rings. The van der Waals surface area contributed by atoms with Gasteiger partial charge < -0.3 is 10.4 Å². The van der Waals surface area contributed by atoms with E-state index in [1.807, 2.05) is 7.05 Å². The Bertz CT molecular complexity index is 415. The molecule has 2 aliphatic rings. The molecule has 1 saturated heterocycles. The molecule has 7 heteroatoms. The molecular formula is C13H27N3O3S. The third-order valence-corrected chi connectivity index (χ3v) is 6.21. The molecule has 1 saturated carbocycles. The number of hydrogen-bond donors (Lipinski definition) is 2. The van der Waals surface area contributed by atoms with Crippen LogP contribution in [0.3, 0.4) is 0 Å². The summed E-state index contributed by atoms with van der Waals surface area (Å²) in [6, 6.07) is 0.449. The standard InChI is InChI=1S/C13H27N3O3S/c1-14-13(11-17)5-3-4-12(10-13)15-6-8-16(9-7-15)20(2,18)19/h12,14,17H,3-11H2,1-2H3. The molecule has 2 unspecified atom stereocenters. The lowest BCUT2D eigenvalue weighted by molar-refractivity contribution is 0.0485. The number of likely N-dealkylation sites (N-methyl/N-ethyl adjacent to an activating group) is 1. The highest BCUT2D eigenvalue weighted by molar-refractivity contribution is 7.88. The zero-order chi connectivity index (χ0) is 14.8. The number of piperazine rings is 1. The molecule has 0 aromatic heterocycles. The van der Waals surface area contributed by atoms with Crippen molar-refractivity contribution < 1.29 is 13.5 Å². The largest absolute Gasteiger partial charge is 0.394 e. The number of sulfonamides is 1. The molecule has 0 amide bonds. The van der Waals surface area contributed by atoms with E-state index in [0.29, 0.717) is 19.1 Å². The van der Waals surface area contributed by atoms with E-state index in [2.05, 4.69) is 10.2 Å². The summed E-state index contributed by atoms with van der Waals surface area (Å²) in [6.45, 7) is 2.93. The van der Waals surface area contributed by atoms with E-state index in [1.165, 1.54) is 6.26 Å². The first-order valence-corrected chi connectivity index (χ1v) is 9.24. The van der Waals surface area contributed by atoms with Crippen molar-refractivity contribution in [1.29, 1.82) is 0 Å². The monoisotopic (exact) mass is 305 g/mol. The summed E-state index contributed by atoms with van der Waals surface area (Å²) in [4.78, 5) is 2.39. The van der Waals surface area contributed by atoms with Crippen LogP contribution in [0.4, 0.5) is 0 Å². The van der Waals surface area contributed by atoms with Crippen LogP contribution in [-0.2, 0) is 10.0 Å². The van der Waals surface area contributed by atoms with Crippen molar-refractivity contribution in [3.05, 3.63) is 0 Å². The van der Waals surface area contributed by atoms with Crippen LogP contribution >= 0.6 is 0 Å². The molecule has 0 bridgehead atoms. The zero-order valence-corrected chi connectivity index (χ0v) is 13.3. The van der Waals surface area contributed by atoms with Crippen molar-refractivity contribution in [2.24, 2.45) is 0 Å². The van der Waals surface area contributed by atoms with Gasteiger partial charge in [0.15, 0.2) is 0 Å². The summed E-state index contributed by atoms with van der Waals surface area (Å²) >= 11 is 0. The zero-order valence-electron chi connectivity index (χ0n) is 12.5. The highest BCUT2D eigenvalue weighted by atomic mass is 32.2. The summed E-state index contributed by atoms with van der Waals surface area (Å²) in [5.41, 5.74) is -0.156. The molecule has 118 valence electrons. The highest BCUT2D eigenvalue weighted by Gasteiger charge is 2.38. The lowest BCUT2D eigenvalue weighted by atomic mass is 9.79. The van der Waals surface area contributed by atoms with Gasteiger partial charge in [-0.2, -0.15) is 4.31 Å². The topological polar surface area (TPSA) is 72.9 Å². The van der Waals surface area contributed by atoms with Crippen LogP contribution in [-0.4, -0.2) is 80.4 Å². The predicted octanol–water partition coefficient (Wildman–Crippen LogP) is -0.543. The number of aliphatic hydroxyl groups excluding tert-OH is 1. The van der Waals surface area contributed by atoms with Gasteiger partial charge in [0.2, 0.25) is 10.0 Å². The minimum atomic E-state index is -3.06. The number of nitrogens with one attached hydrogen (secondary N) is 1. The normalized spacial score (nSPS) is 34.2. The Labute approximate surface area is 122 Å². The summed E-state index contributed by atoms with van der Waals surface area (Å²) in [5, 5.41) is 12.9. The first-order chi connectivity index (χ1) is 9.40. The third-order valence-electron chi connectivity index (χ3n) is 4.91. The molecule has 0 radical (unpaired) electrons. The minimum absolute atomic E-state index is 0.156.